The SMILES string of the molecule is CCOC(=O)c1cc2c(c3c1op(C)oc1c(C(=O)OCC)cc4c(c13)OC(F)(F)O4)OC(F)(F)O2. The molecule has 15 heteroatoms. The van der Waals surface area contributed by atoms with Crippen LogP contribution in [-0.4, -0.2) is 37.7 Å². The van der Waals surface area contributed by atoms with Crippen molar-refractivity contribution in [3.8, 4) is 23.0 Å². The summed E-state index contributed by atoms with van der Waals surface area (Å²) in [5, 5.41) is -0.948. The van der Waals surface area contributed by atoms with Gasteiger partial charge < -0.3 is 36.8 Å². The van der Waals surface area contributed by atoms with Crippen LogP contribution in [0.4, 0.5) is 17.6 Å². The Morgan fingerprint density at radius 2 is 1.17 bits per heavy atom. The van der Waals surface area contributed by atoms with Crippen LogP contribution in [0.3, 0.4) is 0 Å². The number of fused-ring (bicyclic) bond motifs is 7. The molecule has 0 bridgehead atoms. The largest absolute Gasteiger partial charge is 0.586 e. The minimum atomic E-state index is -4.18. The molecule has 0 saturated heterocycles. The highest BCUT2D eigenvalue weighted by Crippen LogP contribution is 2.55. The number of ether oxygens (including phenoxy) is 6. The summed E-state index contributed by atoms with van der Waals surface area (Å²) >= 11 is 0. The summed E-state index contributed by atoms with van der Waals surface area (Å²) in [5.41, 5.74) is -1.58. The molecule has 0 N–H and O–H groups in total. The fraction of sp³-hybridized carbons (Fsp3) is 0.333. The summed E-state index contributed by atoms with van der Waals surface area (Å²) in [7, 11) is -2.04. The fourth-order valence-electron chi connectivity index (χ4n) is 3.78. The van der Waals surface area contributed by atoms with Gasteiger partial charge in [0.15, 0.2) is 34.2 Å². The van der Waals surface area contributed by atoms with Gasteiger partial charge in [0.2, 0.25) is 8.01 Å². The number of benzene rings is 2. The van der Waals surface area contributed by atoms with Crippen LogP contribution in [0.1, 0.15) is 34.6 Å². The fourth-order valence-corrected chi connectivity index (χ4v) is 4.71. The molecule has 2 aromatic carbocycles. The Morgan fingerprint density at radius 3 is 1.53 bits per heavy atom. The monoisotopic (exact) mass is 534 g/mol. The van der Waals surface area contributed by atoms with Crippen molar-refractivity contribution < 1.29 is 64.0 Å². The topological polar surface area (TPSA) is 116 Å². The van der Waals surface area contributed by atoms with E-state index in [1.807, 2.05) is 0 Å². The molecule has 0 radical (unpaired) electrons. The first-order valence-corrected chi connectivity index (χ1v) is 11.9. The van der Waals surface area contributed by atoms with Crippen molar-refractivity contribution in [2.45, 2.75) is 26.4 Å². The zero-order valence-corrected chi connectivity index (χ0v) is 19.5. The Morgan fingerprint density at radius 1 is 0.778 bits per heavy atom. The van der Waals surface area contributed by atoms with Gasteiger partial charge in [0, 0.05) is 18.8 Å². The number of aryl methyl sites for hydroxylation is 1. The lowest BCUT2D eigenvalue weighted by atomic mass is 10.0. The number of rotatable bonds is 4. The van der Waals surface area contributed by atoms with Crippen LogP contribution in [-0.2, 0) is 16.1 Å². The first-order valence-electron chi connectivity index (χ1n) is 10.3. The molecule has 192 valence electrons. The van der Waals surface area contributed by atoms with Gasteiger partial charge in [-0.15, -0.1) is 17.6 Å². The van der Waals surface area contributed by atoms with Gasteiger partial charge in [-0.25, -0.2) is 9.59 Å². The predicted molar refractivity (Wildman–Crippen MR) is 112 cm³/mol. The molecule has 3 aromatic rings. The van der Waals surface area contributed by atoms with Crippen molar-refractivity contribution in [2.75, 3.05) is 13.2 Å². The minimum absolute atomic E-state index is 0.0856. The average Bonchev–Trinajstić information content (AvgIpc) is 3.20. The van der Waals surface area contributed by atoms with Crippen molar-refractivity contribution in [1.29, 1.82) is 0 Å². The van der Waals surface area contributed by atoms with Gasteiger partial charge in [0.1, 0.15) is 11.1 Å². The second kappa shape index (κ2) is 8.12. The number of carbonyl (C=O) groups excluding carboxylic acids is 2. The minimum Gasteiger partial charge on any atom is -0.462 e. The van der Waals surface area contributed by atoms with E-state index in [0.29, 0.717) is 0 Å². The molecule has 0 aliphatic carbocycles. The third-order valence-electron chi connectivity index (χ3n) is 4.98. The van der Waals surface area contributed by atoms with Crippen molar-refractivity contribution in [2.24, 2.45) is 6.66 Å². The zero-order valence-electron chi connectivity index (χ0n) is 18.6. The second-order valence-electron chi connectivity index (χ2n) is 7.31. The molecule has 0 spiro atoms. The number of hydrogen-bond acceptors (Lipinski definition) is 10. The maximum atomic E-state index is 14.2. The number of halogens is 4. The summed E-state index contributed by atoms with van der Waals surface area (Å²) in [6.45, 7) is 4.26. The van der Waals surface area contributed by atoms with Gasteiger partial charge in [-0.3, -0.25) is 0 Å². The van der Waals surface area contributed by atoms with Gasteiger partial charge in [-0.2, -0.15) is 0 Å². The third kappa shape index (κ3) is 3.81. The van der Waals surface area contributed by atoms with E-state index < -0.39 is 88.6 Å². The molecule has 5 rings (SSSR count). The lowest BCUT2D eigenvalue weighted by Crippen LogP contribution is -2.26. The van der Waals surface area contributed by atoms with Crippen LogP contribution in [0.2, 0.25) is 0 Å². The highest BCUT2D eigenvalue weighted by molar-refractivity contribution is 7.35. The lowest BCUT2D eigenvalue weighted by molar-refractivity contribution is -0.287. The molecule has 0 atom stereocenters. The van der Waals surface area contributed by atoms with E-state index in [4.69, 9.17) is 17.9 Å². The third-order valence-corrected chi connectivity index (χ3v) is 5.85. The van der Waals surface area contributed by atoms with Crippen LogP contribution < -0.4 is 18.9 Å². The summed E-state index contributed by atoms with van der Waals surface area (Å²) in [5.74, 6) is -4.61. The van der Waals surface area contributed by atoms with Crippen LogP contribution in [0.5, 0.6) is 23.0 Å². The average molecular weight is 534 g/mol. The Balaban J connectivity index is 2.03. The van der Waals surface area contributed by atoms with E-state index in [2.05, 4.69) is 18.9 Å². The Kier molecular flexibility index (Phi) is 5.39. The second-order valence-corrected chi connectivity index (χ2v) is 8.55. The highest BCUT2D eigenvalue weighted by Gasteiger charge is 2.49. The Bertz CT molecular complexity index is 1370. The van der Waals surface area contributed by atoms with E-state index in [9.17, 15) is 27.2 Å². The summed E-state index contributed by atoms with van der Waals surface area (Å²) in [6, 6.07) is 1.81. The van der Waals surface area contributed by atoms with E-state index in [1.165, 1.54) is 20.5 Å². The standard InChI is InChI=1S/C21H15F4O10P/c1-4-28-18(26)8-6-10-16(32-20(22,23)30-10)12-13-15(35-36(3)34-14(8)12)9(19(27)29-5-2)7-11-17(13)33-21(24,25)31-11/h6-7H,4-5H2,1-3H3. The van der Waals surface area contributed by atoms with Crippen molar-refractivity contribution in [1.82, 2.24) is 0 Å². The van der Waals surface area contributed by atoms with E-state index in [0.717, 1.165) is 12.1 Å². The van der Waals surface area contributed by atoms with Crippen LogP contribution in [0.25, 0.3) is 21.9 Å². The predicted octanol–water partition coefficient (Wildman–Crippen LogP) is 5.82. The van der Waals surface area contributed by atoms with Gasteiger partial charge in [0.05, 0.1) is 24.0 Å². The molecule has 0 saturated carbocycles. The molecule has 36 heavy (non-hydrogen) atoms. The first-order chi connectivity index (χ1) is 16.9. The molecule has 0 unspecified atom stereocenters. The van der Waals surface area contributed by atoms with E-state index in [-0.39, 0.29) is 13.2 Å². The maximum absolute atomic E-state index is 14.2. The quantitative estimate of drug-likeness (QED) is 0.299. The summed E-state index contributed by atoms with van der Waals surface area (Å²) in [4.78, 5) is 25.5. The molecule has 3 heterocycles. The molecular weight excluding hydrogens is 519 g/mol. The van der Waals surface area contributed by atoms with Gasteiger partial charge >= 0.3 is 24.5 Å². The van der Waals surface area contributed by atoms with Crippen LogP contribution in [0.15, 0.2) is 20.5 Å². The molecule has 10 nitrogen and oxygen atoms in total. The molecule has 2 aliphatic heterocycles. The van der Waals surface area contributed by atoms with Crippen LogP contribution >= 0.6 is 8.01 Å². The summed E-state index contributed by atoms with van der Waals surface area (Å²) in [6.07, 6.45) is -8.37. The van der Waals surface area contributed by atoms with Crippen LogP contribution in [0, 0.1) is 0 Å². The highest BCUT2D eigenvalue weighted by atomic mass is 31.1. The maximum Gasteiger partial charge on any atom is 0.586 e. The summed E-state index contributed by atoms with van der Waals surface area (Å²) < 4.78 is 96.6. The van der Waals surface area contributed by atoms with Crippen molar-refractivity contribution in [3.63, 3.8) is 0 Å². The first kappa shape index (κ1) is 23.9. The zero-order chi connectivity index (χ0) is 26.0. The van der Waals surface area contributed by atoms with Crippen molar-refractivity contribution >= 4 is 41.9 Å². The molecule has 0 amide bonds. The Labute approximate surface area is 199 Å². The van der Waals surface area contributed by atoms with Gasteiger partial charge in [-0.05, 0) is 13.8 Å². The molecule has 1 aromatic heterocycles. The number of carbonyl (C=O) groups is 2. The molecule has 2 aliphatic rings. The molecule has 0 fully saturated rings. The lowest BCUT2D eigenvalue weighted by Gasteiger charge is -2.09. The molecular formula is C21H15F4O10P. The number of esters is 2. The number of alkyl halides is 4. The van der Waals surface area contributed by atoms with E-state index in [1.54, 1.807) is 0 Å². The number of hydrogen-bond donors (Lipinski definition) is 0. The normalized spacial score (nSPS) is 16.3. The smallest absolute Gasteiger partial charge is 0.462 e. The Hall–Kier alpha value is -3.80. The van der Waals surface area contributed by atoms with E-state index >= 15 is 0 Å². The van der Waals surface area contributed by atoms with Gasteiger partial charge in [-0.1, -0.05) is 0 Å². The van der Waals surface area contributed by atoms with Gasteiger partial charge in [0.25, 0.3) is 0 Å². The van der Waals surface area contributed by atoms with Crippen molar-refractivity contribution in [3.05, 3.63) is 23.3 Å².